The quantitative estimate of drug-likeness (QED) is 0.683. The van der Waals surface area contributed by atoms with E-state index in [1.807, 2.05) is 0 Å². The molecule has 94 valence electrons. The molecule has 2 atom stereocenters. The predicted octanol–water partition coefficient (Wildman–Crippen LogP) is 3.32. The Kier molecular flexibility index (Phi) is 2.87. The highest BCUT2D eigenvalue weighted by molar-refractivity contribution is 4.97. The van der Waals surface area contributed by atoms with Crippen molar-refractivity contribution in [3.05, 3.63) is 0 Å². The molecule has 1 heterocycles. The molecule has 2 fully saturated rings. The zero-order valence-electron chi connectivity index (χ0n) is 11.5. The third-order valence-corrected chi connectivity index (χ3v) is 3.99. The number of rotatable bonds is 0. The second kappa shape index (κ2) is 3.71. The fourth-order valence-corrected chi connectivity index (χ4v) is 3.92. The first-order valence-electron chi connectivity index (χ1n) is 6.67. The van der Waals surface area contributed by atoms with Gasteiger partial charge in [0.15, 0.2) is 0 Å². The van der Waals surface area contributed by atoms with E-state index in [9.17, 15) is 0 Å². The van der Waals surface area contributed by atoms with Gasteiger partial charge in [-0.25, -0.2) is 0 Å². The molecule has 16 heavy (non-hydrogen) atoms. The van der Waals surface area contributed by atoms with Gasteiger partial charge in [-0.05, 0) is 50.9 Å². The Morgan fingerprint density at radius 2 is 1.81 bits per heavy atom. The van der Waals surface area contributed by atoms with Gasteiger partial charge in [0.2, 0.25) is 0 Å². The predicted molar refractivity (Wildman–Crippen MR) is 67.3 cm³/mol. The van der Waals surface area contributed by atoms with E-state index in [4.69, 9.17) is 4.74 Å². The minimum atomic E-state index is -0.0527. The lowest BCUT2D eigenvalue weighted by Gasteiger charge is -2.53. The maximum atomic E-state index is 6.40. The van der Waals surface area contributed by atoms with Crippen molar-refractivity contribution in [2.24, 2.45) is 11.3 Å². The number of ether oxygens (including phenoxy) is 1. The topological polar surface area (TPSA) is 21.3 Å². The van der Waals surface area contributed by atoms with Gasteiger partial charge < -0.3 is 4.74 Å². The molecule has 0 aromatic carbocycles. The molecular formula is C14H27NO. The zero-order chi connectivity index (χ0) is 12.0. The van der Waals surface area contributed by atoms with Gasteiger partial charge in [-0.3, -0.25) is 5.32 Å². The first-order chi connectivity index (χ1) is 7.22. The van der Waals surface area contributed by atoms with E-state index in [-0.39, 0.29) is 11.3 Å². The molecule has 2 nitrogen and oxygen atoms in total. The SMILES string of the molecule is CC1CC(C)(C)CC2(C1)NCCC(C)(C)O2. The monoisotopic (exact) mass is 225 g/mol. The van der Waals surface area contributed by atoms with Crippen LogP contribution in [0.2, 0.25) is 0 Å². The zero-order valence-corrected chi connectivity index (χ0v) is 11.5. The van der Waals surface area contributed by atoms with E-state index in [1.165, 1.54) is 12.8 Å². The van der Waals surface area contributed by atoms with Crippen LogP contribution in [0, 0.1) is 11.3 Å². The second-order valence-corrected chi connectivity index (χ2v) is 7.39. The highest BCUT2D eigenvalue weighted by atomic mass is 16.5. The molecule has 1 aliphatic carbocycles. The smallest absolute Gasteiger partial charge is 0.120 e. The molecule has 2 unspecified atom stereocenters. The molecule has 0 aromatic rings. The molecule has 2 heteroatoms. The average Bonchev–Trinajstić information content (AvgIpc) is 1.94. The minimum absolute atomic E-state index is 0.0401. The van der Waals surface area contributed by atoms with Gasteiger partial charge in [0.1, 0.15) is 5.72 Å². The van der Waals surface area contributed by atoms with Gasteiger partial charge >= 0.3 is 0 Å². The second-order valence-electron chi connectivity index (χ2n) is 7.39. The summed E-state index contributed by atoms with van der Waals surface area (Å²) in [5, 5.41) is 3.65. The summed E-state index contributed by atoms with van der Waals surface area (Å²) in [5.41, 5.74) is 0.388. The summed E-state index contributed by atoms with van der Waals surface area (Å²) in [5.74, 6) is 0.755. The minimum Gasteiger partial charge on any atom is -0.355 e. The molecule has 0 bridgehead atoms. The van der Waals surface area contributed by atoms with Crippen molar-refractivity contribution in [2.45, 2.75) is 71.6 Å². The van der Waals surface area contributed by atoms with Gasteiger partial charge in [-0.2, -0.15) is 0 Å². The third-order valence-electron chi connectivity index (χ3n) is 3.99. The first-order valence-corrected chi connectivity index (χ1v) is 6.67. The van der Waals surface area contributed by atoms with Crippen LogP contribution in [0.4, 0.5) is 0 Å². The van der Waals surface area contributed by atoms with Crippen molar-refractivity contribution in [2.75, 3.05) is 6.54 Å². The fourth-order valence-electron chi connectivity index (χ4n) is 3.92. The normalized spacial score (nSPS) is 42.2. The molecular weight excluding hydrogens is 198 g/mol. The van der Waals surface area contributed by atoms with Crippen molar-refractivity contribution >= 4 is 0 Å². The Bertz CT molecular complexity index is 268. The lowest BCUT2D eigenvalue weighted by atomic mass is 9.68. The fraction of sp³-hybridized carbons (Fsp3) is 1.00. The van der Waals surface area contributed by atoms with Crippen molar-refractivity contribution in [3.8, 4) is 0 Å². The maximum Gasteiger partial charge on any atom is 0.120 e. The van der Waals surface area contributed by atoms with E-state index < -0.39 is 0 Å². The van der Waals surface area contributed by atoms with Crippen molar-refractivity contribution in [1.82, 2.24) is 5.32 Å². The molecule has 0 aromatic heterocycles. The molecule has 1 N–H and O–H groups in total. The molecule has 0 radical (unpaired) electrons. The molecule has 2 aliphatic rings. The van der Waals surface area contributed by atoms with Crippen molar-refractivity contribution in [3.63, 3.8) is 0 Å². The van der Waals surface area contributed by atoms with E-state index in [1.54, 1.807) is 0 Å². The molecule has 1 saturated carbocycles. The highest BCUT2D eigenvalue weighted by Crippen LogP contribution is 2.47. The number of nitrogens with one attached hydrogen (secondary N) is 1. The van der Waals surface area contributed by atoms with Crippen molar-refractivity contribution < 1.29 is 4.74 Å². The van der Waals surface area contributed by atoms with Crippen LogP contribution in [0.5, 0.6) is 0 Å². The largest absolute Gasteiger partial charge is 0.355 e. The first kappa shape index (κ1) is 12.4. The maximum absolute atomic E-state index is 6.40. The van der Waals surface area contributed by atoms with Crippen LogP contribution in [0.15, 0.2) is 0 Å². The van der Waals surface area contributed by atoms with Crippen molar-refractivity contribution in [1.29, 1.82) is 0 Å². The summed E-state index contributed by atoms with van der Waals surface area (Å²) >= 11 is 0. The standard InChI is InChI=1S/C14H27NO/c1-11-8-12(2,3)10-14(9-11)15-7-6-13(4,5)16-14/h11,15H,6-10H2,1-5H3. The van der Waals surface area contributed by atoms with E-state index >= 15 is 0 Å². The Hall–Kier alpha value is -0.0800. The van der Waals surface area contributed by atoms with Gasteiger partial charge in [0, 0.05) is 6.54 Å². The third kappa shape index (κ3) is 2.60. The van der Waals surface area contributed by atoms with E-state index in [2.05, 4.69) is 39.9 Å². The lowest BCUT2D eigenvalue weighted by molar-refractivity contribution is -0.220. The number of hydrogen-bond donors (Lipinski definition) is 1. The molecule has 0 amide bonds. The molecule has 1 aliphatic heterocycles. The van der Waals surface area contributed by atoms with Gasteiger partial charge in [0.05, 0.1) is 5.60 Å². The van der Waals surface area contributed by atoms with Crippen LogP contribution in [0.25, 0.3) is 0 Å². The van der Waals surface area contributed by atoms with Gasteiger partial charge in [0.25, 0.3) is 0 Å². The summed E-state index contributed by atoms with van der Waals surface area (Å²) in [7, 11) is 0. The lowest BCUT2D eigenvalue weighted by Crippen LogP contribution is -2.61. The van der Waals surface area contributed by atoms with E-state index in [0.29, 0.717) is 5.41 Å². The Labute approximate surface area is 100 Å². The van der Waals surface area contributed by atoms with Crippen LogP contribution < -0.4 is 5.32 Å². The molecule has 2 rings (SSSR count). The van der Waals surface area contributed by atoms with Crippen LogP contribution in [0.3, 0.4) is 0 Å². The van der Waals surface area contributed by atoms with Crippen LogP contribution in [0.1, 0.15) is 60.3 Å². The Morgan fingerprint density at radius 3 is 2.38 bits per heavy atom. The van der Waals surface area contributed by atoms with Gasteiger partial charge in [-0.15, -0.1) is 0 Å². The Balaban J connectivity index is 2.17. The highest BCUT2D eigenvalue weighted by Gasteiger charge is 2.48. The summed E-state index contributed by atoms with van der Waals surface area (Å²) in [6.07, 6.45) is 4.75. The molecule has 1 spiro atoms. The summed E-state index contributed by atoms with van der Waals surface area (Å²) in [6.45, 7) is 12.6. The average molecular weight is 225 g/mol. The number of hydrogen-bond acceptors (Lipinski definition) is 2. The summed E-state index contributed by atoms with van der Waals surface area (Å²) in [6, 6.07) is 0. The Morgan fingerprint density at radius 1 is 1.12 bits per heavy atom. The van der Waals surface area contributed by atoms with Crippen LogP contribution in [-0.2, 0) is 4.74 Å². The summed E-state index contributed by atoms with van der Waals surface area (Å²) < 4.78 is 6.40. The molecule has 1 saturated heterocycles. The van der Waals surface area contributed by atoms with Crippen LogP contribution >= 0.6 is 0 Å². The summed E-state index contributed by atoms with van der Waals surface area (Å²) in [4.78, 5) is 0. The van der Waals surface area contributed by atoms with Crippen LogP contribution in [-0.4, -0.2) is 17.9 Å². The van der Waals surface area contributed by atoms with E-state index in [0.717, 1.165) is 25.3 Å². The van der Waals surface area contributed by atoms with Gasteiger partial charge in [-0.1, -0.05) is 20.8 Å².